The topological polar surface area (TPSA) is 146 Å². The van der Waals surface area contributed by atoms with Gasteiger partial charge in [0.15, 0.2) is 24.3 Å². The molecule has 1 aromatic heterocycles. The number of fused-ring (bicyclic) bond motifs is 2. The summed E-state index contributed by atoms with van der Waals surface area (Å²) in [6.45, 7) is 1.94. The summed E-state index contributed by atoms with van der Waals surface area (Å²) in [7, 11) is 3.89. The number of pyridine rings is 1. The predicted octanol–water partition coefficient (Wildman–Crippen LogP) is 2.09. The highest BCUT2D eigenvalue weighted by atomic mass is 19.1. The van der Waals surface area contributed by atoms with Crippen LogP contribution in [0.15, 0.2) is 29.2 Å². The molecule has 0 aliphatic carbocycles. The zero-order valence-electron chi connectivity index (χ0n) is 25.3. The smallest absolute Gasteiger partial charge is 0.451 e. The second-order valence-corrected chi connectivity index (χ2v) is 11.0. The van der Waals surface area contributed by atoms with Crippen LogP contribution >= 0.6 is 0 Å². The summed E-state index contributed by atoms with van der Waals surface area (Å²) in [6, 6.07) is 2.68. The monoisotopic (exact) mass is 634 g/mol. The third-order valence-corrected chi connectivity index (χ3v) is 7.34. The van der Waals surface area contributed by atoms with E-state index < -0.39 is 66.2 Å². The molecule has 4 rings (SSSR count). The van der Waals surface area contributed by atoms with Gasteiger partial charge in [-0.2, -0.15) is 0 Å². The zero-order valence-corrected chi connectivity index (χ0v) is 25.3. The Bertz CT molecular complexity index is 1500. The van der Waals surface area contributed by atoms with Gasteiger partial charge in [0, 0.05) is 25.2 Å². The van der Waals surface area contributed by atoms with Gasteiger partial charge < -0.3 is 38.6 Å². The zero-order chi connectivity index (χ0) is 32.7. The largest absolute Gasteiger partial charge is 0.511 e. The molecule has 0 radical (unpaired) electrons. The number of ketones is 1. The van der Waals surface area contributed by atoms with Crippen molar-refractivity contribution >= 4 is 23.8 Å². The van der Waals surface area contributed by atoms with Crippen molar-refractivity contribution in [2.24, 2.45) is 0 Å². The molecule has 2 amide bonds. The van der Waals surface area contributed by atoms with E-state index in [0.29, 0.717) is 12.6 Å². The quantitative estimate of drug-likeness (QED) is 0.142. The van der Waals surface area contributed by atoms with E-state index >= 15 is 0 Å². The van der Waals surface area contributed by atoms with Gasteiger partial charge >= 0.3 is 6.16 Å². The number of aromatic nitrogens is 1. The fourth-order valence-corrected chi connectivity index (χ4v) is 5.03. The highest BCUT2D eigenvalue weighted by Gasteiger charge is 2.43. The van der Waals surface area contributed by atoms with E-state index in [2.05, 4.69) is 5.32 Å². The molecular weight excluding hydrogens is 598 g/mol. The maximum absolute atomic E-state index is 14.1. The van der Waals surface area contributed by atoms with Gasteiger partial charge in [0.1, 0.15) is 11.6 Å². The first-order valence-corrected chi connectivity index (χ1v) is 14.5. The maximum atomic E-state index is 14.1. The number of rotatable bonds is 14. The Hall–Kier alpha value is -4.37. The van der Waals surface area contributed by atoms with Crippen LogP contribution in [0.2, 0.25) is 0 Å². The number of nitrogens with one attached hydrogen (secondary N) is 1. The van der Waals surface area contributed by atoms with E-state index in [1.165, 1.54) is 21.7 Å². The molecule has 2 aliphatic heterocycles. The van der Waals surface area contributed by atoms with Crippen molar-refractivity contribution in [3.63, 3.8) is 0 Å². The highest BCUT2D eigenvalue weighted by molar-refractivity contribution is 6.00. The van der Waals surface area contributed by atoms with Crippen LogP contribution in [0.4, 0.5) is 13.6 Å². The average Bonchev–Trinajstić information content (AvgIpc) is 3.36. The molecule has 1 saturated heterocycles. The molecule has 1 aromatic carbocycles. The molecule has 0 saturated carbocycles. The molecule has 2 aromatic rings. The van der Waals surface area contributed by atoms with Crippen LogP contribution in [-0.2, 0) is 32.0 Å². The van der Waals surface area contributed by atoms with E-state index in [4.69, 9.17) is 18.9 Å². The molecule has 45 heavy (non-hydrogen) atoms. The molecule has 0 spiro atoms. The minimum atomic E-state index is -1.26. The van der Waals surface area contributed by atoms with Crippen molar-refractivity contribution < 1.29 is 46.9 Å². The molecule has 3 heterocycles. The molecule has 0 bridgehead atoms. The van der Waals surface area contributed by atoms with E-state index in [9.17, 15) is 32.8 Å². The van der Waals surface area contributed by atoms with Crippen molar-refractivity contribution in [2.45, 2.75) is 51.4 Å². The van der Waals surface area contributed by atoms with Crippen LogP contribution in [0.25, 0.3) is 0 Å². The Morgan fingerprint density at radius 2 is 1.91 bits per heavy atom. The summed E-state index contributed by atoms with van der Waals surface area (Å²) in [5.74, 6) is -3.90. The van der Waals surface area contributed by atoms with E-state index in [1.54, 1.807) is 6.92 Å². The number of aryl methyl sites for hydroxylation is 1. The summed E-state index contributed by atoms with van der Waals surface area (Å²) in [5.41, 5.74) is -1.35. The Balaban J connectivity index is 1.43. The average molecular weight is 635 g/mol. The van der Waals surface area contributed by atoms with Crippen LogP contribution in [0, 0.1) is 11.6 Å². The lowest BCUT2D eigenvalue weighted by Crippen LogP contribution is -2.49. The fourth-order valence-electron chi connectivity index (χ4n) is 5.03. The first kappa shape index (κ1) is 33.5. The van der Waals surface area contributed by atoms with Crippen LogP contribution in [0.1, 0.15) is 52.6 Å². The predicted molar refractivity (Wildman–Crippen MR) is 154 cm³/mol. The third-order valence-electron chi connectivity index (χ3n) is 7.34. The lowest BCUT2D eigenvalue weighted by Gasteiger charge is -2.34. The van der Waals surface area contributed by atoms with Gasteiger partial charge in [-0.15, -0.1) is 0 Å². The first-order chi connectivity index (χ1) is 21.5. The number of carbonyl (C=O) groups excluding carboxylic acids is 4. The fraction of sp³-hybridized carbons (Fsp3) is 0.500. The van der Waals surface area contributed by atoms with Gasteiger partial charge in [-0.05, 0) is 58.5 Å². The number of nitrogens with zero attached hydrogens (tertiary/aromatic N) is 3. The number of Topliss-reactive ketones (excluding diaryl/α,β-unsaturated/α-hetero) is 1. The summed E-state index contributed by atoms with van der Waals surface area (Å²) < 4.78 is 49.5. The number of hydrogen-bond donors (Lipinski definition) is 1. The van der Waals surface area contributed by atoms with Crippen molar-refractivity contribution in [1.29, 1.82) is 0 Å². The second-order valence-electron chi connectivity index (χ2n) is 11.0. The van der Waals surface area contributed by atoms with E-state index in [1.807, 2.05) is 19.0 Å². The number of hydrogen-bond acceptors (Lipinski definition) is 10. The molecule has 244 valence electrons. The normalized spacial score (nSPS) is 17.1. The molecule has 1 N–H and O–H groups in total. The molecular formula is C30H36F2N4O9. The molecule has 2 atom stereocenters. The van der Waals surface area contributed by atoms with Crippen molar-refractivity contribution in [2.75, 3.05) is 47.2 Å². The molecule has 15 heteroatoms. The number of amides is 2. The van der Waals surface area contributed by atoms with Gasteiger partial charge in [0.2, 0.25) is 18.0 Å². The van der Waals surface area contributed by atoms with Gasteiger partial charge in [0.05, 0.1) is 24.8 Å². The summed E-state index contributed by atoms with van der Waals surface area (Å²) >= 11 is 0. The lowest BCUT2D eigenvalue weighted by molar-refractivity contribution is -0.125. The van der Waals surface area contributed by atoms with Gasteiger partial charge in [0.25, 0.3) is 11.8 Å². The molecule has 0 unspecified atom stereocenters. The van der Waals surface area contributed by atoms with Crippen LogP contribution in [-0.4, -0.2) is 97.6 Å². The first-order valence-electron chi connectivity index (χ1n) is 14.5. The Morgan fingerprint density at radius 1 is 1.13 bits per heavy atom. The van der Waals surface area contributed by atoms with Crippen LogP contribution < -0.4 is 15.5 Å². The minimum absolute atomic E-state index is 0.0854. The standard InChI is InChI=1S/C30H36F2N4O9/c1-18-15-42-25-14-35-13-21(23(37)9-7-19-6-8-20(31)12-22(19)32)27(39)28(26(35)29(40)36(18)25)44-17-45-30(41)43-16-24(38)33-10-4-5-11-34(2)3/h6,8,12-13,18,25H,4-5,7,9-11,14-17H2,1-3H3,(H,33,38)/t18-,25+/m0/s1. The maximum Gasteiger partial charge on any atom is 0.511 e. The number of carbonyl (C=O) groups is 4. The molecule has 1 fully saturated rings. The van der Waals surface area contributed by atoms with E-state index in [0.717, 1.165) is 25.5 Å². The highest BCUT2D eigenvalue weighted by Crippen LogP contribution is 2.30. The number of ether oxygens (including phenoxy) is 4. The van der Waals surface area contributed by atoms with E-state index in [-0.39, 0.29) is 48.9 Å². The van der Waals surface area contributed by atoms with Gasteiger partial charge in [-0.3, -0.25) is 19.2 Å². The summed E-state index contributed by atoms with van der Waals surface area (Å²) in [6.07, 6.45) is 0.540. The molecule has 13 nitrogen and oxygen atoms in total. The Labute approximate surface area is 258 Å². The van der Waals surface area contributed by atoms with Gasteiger partial charge in [-0.25, -0.2) is 13.6 Å². The van der Waals surface area contributed by atoms with Gasteiger partial charge in [-0.1, -0.05) is 6.07 Å². The molecule has 2 aliphatic rings. The van der Waals surface area contributed by atoms with Crippen molar-refractivity contribution in [3.05, 3.63) is 63.1 Å². The Kier molecular flexibility index (Phi) is 11.2. The SMILES string of the molecule is C[C@H]1CO[C@@H]2Cn3cc(C(=O)CCc4ccc(F)cc4F)c(=O)c(OCOC(=O)OCC(=O)NCCCCN(C)C)c3C(=O)N12. The number of halogens is 2. The van der Waals surface area contributed by atoms with Crippen molar-refractivity contribution in [3.8, 4) is 5.75 Å². The Morgan fingerprint density at radius 3 is 2.64 bits per heavy atom. The number of benzene rings is 1. The third kappa shape index (κ3) is 8.42. The van der Waals surface area contributed by atoms with Crippen LogP contribution in [0.3, 0.4) is 0 Å². The lowest BCUT2D eigenvalue weighted by atomic mass is 10.0. The van der Waals surface area contributed by atoms with Crippen LogP contribution in [0.5, 0.6) is 5.75 Å². The van der Waals surface area contributed by atoms with Crippen molar-refractivity contribution in [1.82, 2.24) is 19.7 Å². The second kappa shape index (κ2) is 15.1. The number of unbranched alkanes of at least 4 members (excludes halogenated alkanes) is 1. The summed E-state index contributed by atoms with van der Waals surface area (Å²) in [5, 5.41) is 2.62. The minimum Gasteiger partial charge on any atom is -0.451 e. The summed E-state index contributed by atoms with van der Waals surface area (Å²) in [4.78, 5) is 67.6.